The van der Waals surface area contributed by atoms with Crippen LogP contribution in [0.15, 0.2) is 18.3 Å². The zero-order chi connectivity index (χ0) is 15.3. The summed E-state index contributed by atoms with van der Waals surface area (Å²) in [6, 6.07) is 3.30. The molecular formula is C15H20N2O4. The molecule has 6 heteroatoms. The third kappa shape index (κ3) is 3.71. The monoisotopic (exact) mass is 292 g/mol. The van der Waals surface area contributed by atoms with E-state index >= 15 is 0 Å². The molecule has 1 aliphatic rings. The Labute approximate surface area is 123 Å². The number of anilines is 1. The van der Waals surface area contributed by atoms with E-state index in [1.807, 2.05) is 0 Å². The Hall–Kier alpha value is -2.11. The summed E-state index contributed by atoms with van der Waals surface area (Å²) in [7, 11) is 0. The molecule has 1 aliphatic carbocycles. The number of nitrogens with zero attached hydrogens (tertiary/aromatic N) is 1. The number of carboxylic acid groups (broad SMARTS) is 1. The fourth-order valence-corrected chi connectivity index (χ4v) is 2.82. The smallest absolute Gasteiger partial charge is 0.341 e. The lowest BCUT2D eigenvalue weighted by atomic mass is 9.93. The Morgan fingerprint density at radius 1 is 1.43 bits per heavy atom. The van der Waals surface area contributed by atoms with E-state index in [0.717, 1.165) is 25.7 Å². The van der Waals surface area contributed by atoms with E-state index in [-0.39, 0.29) is 13.0 Å². The first-order valence-electron chi connectivity index (χ1n) is 7.18. The van der Waals surface area contributed by atoms with Crippen molar-refractivity contribution in [1.29, 1.82) is 0 Å². The normalized spacial score (nSPS) is 16.4. The third-order valence-corrected chi connectivity index (χ3v) is 3.74. The van der Waals surface area contributed by atoms with Crippen molar-refractivity contribution in [3.8, 4) is 0 Å². The number of hydrogen-bond acceptors (Lipinski definition) is 5. The quantitative estimate of drug-likeness (QED) is 0.783. The number of pyridine rings is 1. The number of aliphatic carboxylic acids is 1. The standard InChI is InChI=1S/C15H20N2O4/c1-2-21-14(20)11-6-5-9-16-13(11)17-15(10-12(18)19)7-3-4-8-15/h5-6,9H,2-4,7-8,10H2,1H3,(H,16,17)(H,18,19). The van der Waals surface area contributed by atoms with E-state index in [0.29, 0.717) is 11.4 Å². The van der Waals surface area contributed by atoms with Gasteiger partial charge < -0.3 is 15.2 Å². The minimum Gasteiger partial charge on any atom is -0.481 e. The summed E-state index contributed by atoms with van der Waals surface area (Å²) in [4.78, 5) is 27.3. The minimum absolute atomic E-state index is 0.0197. The van der Waals surface area contributed by atoms with Gasteiger partial charge in [0.25, 0.3) is 0 Å². The molecule has 1 saturated carbocycles. The number of nitrogens with one attached hydrogen (secondary N) is 1. The van der Waals surface area contributed by atoms with Crippen LogP contribution < -0.4 is 5.32 Å². The van der Waals surface area contributed by atoms with Gasteiger partial charge in [-0.3, -0.25) is 4.79 Å². The molecule has 114 valence electrons. The van der Waals surface area contributed by atoms with Crippen molar-refractivity contribution >= 4 is 17.8 Å². The molecule has 0 aliphatic heterocycles. The molecule has 0 radical (unpaired) electrons. The predicted octanol–water partition coefficient (Wildman–Crippen LogP) is 2.46. The highest BCUT2D eigenvalue weighted by Gasteiger charge is 2.37. The van der Waals surface area contributed by atoms with Gasteiger partial charge in [-0.1, -0.05) is 12.8 Å². The second-order valence-corrected chi connectivity index (χ2v) is 5.30. The van der Waals surface area contributed by atoms with Crippen molar-refractivity contribution in [3.63, 3.8) is 0 Å². The number of aromatic nitrogens is 1. The maximum absolute atomic E-state index is 11.9. The number of carbonyl (C=O) groups is 2. The summed E-state index contributed by atoms with van der Waals surface area (Å²) in [6.45, 7) is 2.03. The van der Waals surface area contributed by atoms with E-state index in [4.69, 9.17) is 9.84 Å². The van der Waals surface area contributed by atoms with Gasteiger partial charge in [0.2, 0.25) is 0 Å². The highest BCUT2D eigenvalue weighted by molar-refractivity contribution is 5.94. The van der Waals surface area contributed by atoms with Gasteiger partial charge in [-0.2, -0.15) is 0 Å². The largest absolute Gasteiger partial charge is 0.481 e. The van der Waals surface area contributed by atoms with Gasteiger partial charge in [-0.15, -0.1) is 0 Å². The first-order valence-corrected chi connectivity index (χ1v) is 7.18. The third-order valence-electron chi connectivity index (χ3n) is 3.74. The fraction of sp³-hybridized carbons (Fsp3) is 0.533. The lowest BCUT2D eigenvalue weighted by Gasteiger charge is -2.30. The summed E-state index contributed by atoms with van der Waals surface area (Å²) in [5.41, 5.74) is -0.183. The molecule has 1 aromatic rings. The summed E-state index contributed by atoms with van der Waals surface area (Å²) in [5, 5.41) is 12.3. The van der Waals surface area contributed by atoms with Crippen molar-refractivity contribution < 1.29 is 19.4 Å². The molecule has 0 bridgehead atoms. The Morgan fingerprint density at radius 2 is 2.14 bits per heavy atom. The summed E-state index contributed by atoms with van der Waals surface area (Å²) >= 11 is 0. The molecule has 2 N–H and O–H groups in total. The molecular weight excluding hydrogens is 272 g/mol. The van der Waals surface area contributed by atoms with Crippen LogP contribution in [0.4, 0.5) is 5.82 Å². The zero-order valence-corrected chi connectivity index (χ0v) is 12.1. The van der Waals surface area contributed by atoms with Crippen LogP contribution in [0.3, 0.4) is 0 Å². The van der Waals surface area contributed by atoms with Crippen molar-refractivity contribution in [2.75, 3.05) is 11.9 Å². The van der Waals surface area contributed by atoms with Crippen molar-refractivity contribution in [2.24, 2.45) is 0 Å². The van der Waals surface area contributed by atoms with E-state index in [1.165, 1.54) is 0 Å². The first-order chi connectivity index (χ1) is 10.1. The Balaban J connectivity index is 2.25. The number of ether oxygens (including phenoxy) is 1. The van der Waals surface area contributed by atoms with Crippen LogP contribution in [0.2, 0.25) is 0 Å². The number of carboxylic acids is 1. The number of hydrogen-bond donors (Lipinski definition) is 2. The van der Waals surface area contributed by atoms with Gasteiger partial charge in [0, 0.05) is 11.7 Å². The number of esters is 1. The molecule has 0 amide bonds. The predicted molar refractivity (Wildman–Crippen MR) is 77.3 cm³/mol. The topological polar surface area (TPSA) is 88.5 Å². The van der Waals surface area contributed by atoms with Crippen LogP contribution in [-0.2, 0) is 9.53 Å². The lowest BCUT2D eigenvalue weighted by Crippen LogP contribution is -2.38. The molecule has 1 fully saturated rings. The van der Waals surface area contributed by atoms with Crippen molar-refractivity contribution in [1.82, 2.24) is 4.98 Å². The van der Waals surface area contributed by atoms with Gasteiger partial charge >= 0.3 is 11.9 Å². The van der Waals surface area contributed by atoms with Gasteiger partial charge in [0.15, 0.2) is 0 Å². The highest BCUT2D eigenvalue weighted by Crippen LogP contribution is 2.36. The molecule has 0 spiro atoms. The maximum Gasteiger partial charge on any atom is 0.341 e. The first kappa shape index (κ1) is 15.3. The van der Waals surface area contributed by atoms with Gasteiger partial charge in [0.05, 0.1) is 13.0 Å². The van der Waals surface area contributed by atoms with Crippen molar-refractivity contribution in [2.45, 2.75) is 44.6 Å². The van der Waals surface area contributed by atoms with Crippen LogP contribution in [0.25, 0.3) is 0 Å². The molecule has 2 rings (SSSR count). The maximum atomic E-state index is 11.9. The van der Waals surface area contributed by atoms with E-state index in [9.17, 15) is 9.59 Å². The summed E-state index contributed by atoms with van der Waals surface area (Å²) < 4.78 is 5.01. The Morgan fingerprint density at radius 3 is 2.76 bits per heavy atom. The second kappa shape index (κ2) is 6.56. The number of carbonyl (C=O) groups excluding carboxylic acids is 1. The van der Waals surface area contributed by atoms with E-state index in [1.54, 1.807) is 25.3 Å². The molecule has 21 heavy (non-hydrogen) atoms. The van der Waals surface area contributed by atoms with Crippen LogP contribution in [0.5, 0.6) is 0 Å². The fourth-order valence-electron chi connectivity index (χ4n) is 2.82. The molecule has 0 atom stereocenters. The average molecular weight is 292 g/mol. The van der Waals surface area contributed by atoms with Crippen LogP contribution in [0.1, 0.15) is 49.4 Å². The SMILES string of the molecule is CCOC(=O)c1cccnc1NC1(CC(=O)O)CCCC1. The van der Waals surface area contributed by atoms with Crippen LogP contribution in [0, 0.1) is 0 Å². The van der Waals surface area contributed by atoms with Crippen LogP contribution in [-0.4, -0.2) is 34.2 Å². The molecule has 0 unspecified atom stereocenters. The van der Waals surface area contributed by atoms with Gasteiger partial charge in [0.1, 0.15) is 11.4 Å². The van der Waals surface area contributed by atoms with Gasteiger partial charge in [-0.05, 0) is 31.9 Å². The Bertz CT molecular complexity index is 524. The molecule has 0 saturated heterocycles. The van der Waals surface area contributed by atoms with Gasteiger partial charge in [-0.25, -0.2) is 9.78 Å². The molecule has 0 aromatic carbocycles. The number of rotatable bonds is 6. The second-order valence-electron chi connectivity index (χ2n) is 5.30. The summed E-state index contributed by atoms with van der Waals surface area (Å²) in [5.74, 6) is -0.895. The lowest BCUT2D eigenvalue weighted by molar-refractivity contribution is -0.138. The molecule has 1 aromatic heterocycles. The molecule has 6 nitrogen and oxygen atoms in total. The molecule has 1 heterocycles. The van der Waals surface area contributed by atoms with Crippen molar-refractivity contribution in [3.05, 3.63) is 23.9 Å². The summed E-state index contributed by atoms with van der Waals surface area (Å²) in [6.07, 6.45) is 5.07. The van der Waals surface area contributed by atoms with E-state index in [2.05, 4.69) is 10.3 Å². The zero-order valence-electron chi connectivity index (χ0n) is 12.1. The average Bonchev–Trinajstić information content (AvgIpc) is 2.87. The Kier molecular flexibility index (Phi) is 4.77. The highest BCUT2D eigenvalue weighted by atomic mass is 16.5. The van der Waals surface area contributed by atoms with Crippen LogP contribution >= 0.6 is 0 Å². The minimum atomic E-state index is -0.849. The van der Waals surface area contributed by atoms with E-state index < -0.39 is 17.5 Å².